The third kappa shape index (κ3) is 4.97. The molecule has 1 aliphatic rings. The highest BCUT2D eigenvalue weighted by atomic mass is 35.5. The summed E-state index contributed by atoms with van der Waals surface area (Å²) >= 11 is 6.23. The SMILES string of the molecule is Cc1cccc(OCC(=O)N2CCN(Cc3ccccc3Cl)CC2)c1. The van der Waals surface area contributed by atoms with Gasteiger partial charge >= 0.3 is 0 Å². The Hall–Kier alpha value is -2.04. The first kappa shape index (κ1) is 17.8. The molecule has 0 bridgehead atoms. The van der Waals surface area contributed by atoms with E-state index in [1.165, 1.54) is 0 Å². The Kier molecular flexibility index (Phi) is 5.95. The molecule has 2 aromatic rings. The molecule has 132 valence electrons. The summed E-state index contributed by atoms with van der Waals surface area (Å²) in [5, 5.41) is 0.799. The molecule has 0 unspecified atom stereocenters. The van der Waals surface area contributed by atoms with Crippen LogP contribution in [0.15, 0.2) is 48.5 Å². The lowest BCUT2D eigenvalue weighted by atomic mass is 10.2. The van der Waals surface area contributed by atoms with Crippen molar-refractivity contribution in [3.05, 3.63) is 64.7 Å². The van der Waals surface area contributed by atoms with Crippen molar-refractivity contribution in [2.24, 2.45) is 0 Å². The minimum Gasteiger partial charge on any atom is -0.484 e. The van der Waals surface area contributed by atoms with Gasteiger partial charge in [0.05, 0.1) is 0 Å². The fourth-order valence-corrected chi connectivity index (χ4v) is 3.16. The first-order valence-corrected chi connectivity index (χ1v) is 8.92. The summed E-state index contributed by atoms with van der Waals surface area (Å²) in [6, 6.07) is 15.7. The monoisotopic (exact) mass is 358 g/mol. The number of hydrogen-bond acceptors (Lipinski definition) is 3. The van der Waals surface area contributed by atoms with Crippen LogP contribution in [0.2, 0.25) is 5.02 Å². The first-order valence-electron chi connectivity index (χ1n) is 8.55. The molecule has 4 nitrogen and oxygen atoms in total. The van der Waals surface area contributed by atoms with Crippen molar-refractivity contribution in [3.63, 3.8) is 0 Å². The van der Waals surface area contributed by atoms with Crippen molar-refractivity contribution < 1.29 is 9.53 Å². The lowest BCUT2D eigenvalue weighted by Crippen LogP contribution is -2.49. The fraction of sp³-hybridized carbons (Fsp3) is 0.350. The van der Waals surface area contributed by atoms with Gasteiger partial charge in [0.15, 0.2) is 6.61 Å². The standard InChI is InChI=1S/C20H23ClN2O2/c1-16-5-4-7-18(13-16)25-15-20(24)23-11-9-22(10-12-23)14-17-6-2-3-8-19(17)21/h2-8,13H,9-12,14-15H2,1H3. The van der Waals surface area contributed by atoms with Crippen LogP contribution in [-0.4, -0.2) is 48.5 Å². The Balaban J connectivity index is 1.45. The molecule has 0 atom stereocenters. The maximum atomic E-state index is 12.3. The van der Waals surface area contributed by atoms with Gasteiger partial charge in [-0.3, -0.25) is 9.69 Å². The third-order valence-corrected chi connectivity index (χ3v) is 4.80. The molecule has 5 heteroatoms. The maximum Gasteiger partial charge on any atom is 0.260 e. The number of nitrogens with zero attached hydrogens (tertiary/aromatic N) is 2. The highest BCUT2D eigenvalue weighted by molar-refractivity contribution is 6.31. The summed E-state index contributed by atoms with van der Waals surface area (Å²) in [5.41, 5.74) is 2.25. The van der Waals surface area contributed by atoms with E-state index >= 15 is 0 Å². The van der Waals surface area contributed by atoms with Crippen LogP contribution in [0.4, 0.5) is 0 Å². The van der Waals surface area contributed by atoms with Crippen LogP contribution in [0.1, 0.15) is 11.1 Å². The van der Waals surface area contributed by atoms with Gasteiger partial charge in [0.1, 0.15) is 5.75 Å². The lowest BCUT2D eigenvalue weighted by Gasteiger charge is -2.34. The molecule has 0 saturated carbocycles. The quantitative estimate of drug-likeness (QED) is 0.821. The Labute approximate surface area is 154 Å². The zero-order valence-corrected chi connectivity index (χ0v) is 15.2. The number of carbonyl (C=O) groups is 1. The van der Waals surface area contributed by atoms with Crippen LogP contribution < -0.4 is 4.74 Å². The zero-order chi connectivity index (χ0) is 17.6. The third-order valence-electron chi connectivity index (χ3n) is 4.43. The summed E-state index contributed by atoms with van der Waals surface area (Å²) in [6.45, 7) is 6.06. The number of aryl methyl sites for hydroxylation is 1. The number of benzene rings is 2. The average molecular weight is 359 g/mol. The number of rotatable bonds is 5. The summed E-state index contributed by atoms with van der Waals surface area (Å²) in [7, 11) is 0. The van der Waals surface area contributed by atoms with E-state index in [1.54, 1.807) is 0 Å². The van der Waals surface area contributed by atoms with Gasteiger partial charge in [-0.1, -0.05) is 41.9 Å². The van der Waals surface area contributed by atoms with Gasteiger partial charge in [-0.25, -0.2) is 0 Å². The van der Waals surface area contributed by atoms with E-state index in [2.05, 4.69) is 11.0 Å². The Morgan fingerprint density at radius 3 is 2.56 bits per heavy atom. The minimum absolute atomic E-state index is 0.0406. The number of carbonyl (C=O) groups excluding carboxylic acids is 1. The van der Waals surface area contributed by atoms with Gasteiger partial charge in [-0.15, -0.1) is 0 Å². The summed E-state index contributed by atoms with van der Waals surface area (Å²) < 4.78 is 5.62. The maximum absolute atomic E-state index is 12.3. The minimum atomic E-state index is 0.0406. The molecule has 1 amide bonds. The van der Waals surface area contributed by atoms with Gasteiger partial charge in [0, 0.05) is 37.7 Å². The Morgan fingerprint density at radius 1 is 1.08 bits per heavy atom. The second-order valence-corrected chi connectivity index (χ2v) is 6.76. The normalized spacial score (nSPS) is 15.2. The molecule has 0 N–H and O–H groups in total. The second kappa shape index (κ2) is 8.37. The first-order chi connectivity index (χ1) is 12.1. The molecule has 2 aromatic carbocycles. The smallest absolute Gasteiger partial charge is 0.260 e. The molecule has 0 aromatic heterocycles. The summed E-state index contributed by atoms with van der Waals surface area (Å²) in [6.07, 6.45) is 0. The van der Waals surface area contributed by atoms with Crippen molar-refractivity contribution in [1.82, 2.24) is 9.80 Å². The van der Waals surface area contributed by atoms with Crippen molar-refractivity contribution in [2.75, 3.05) is 32.8 Å². The molecular formula is C20H23ClN2O2. The van der Waals surface area contributed by atoms with Gasteiger partial charge in [-0.2, -0.15) is 0 Å². The zero-order valence-electron chi connectivity index (χ0n) is 14.5. The second-order valence-electron chi connectivity index (χ2n) is 6.35. The van der Waals surface area contributed by atoms with Gasteiger partial charge < -0.3 is 9.64 Å². The van der Waals surface area contributed by atoms with Crippen LogP contribution in [-0.2, 0) is 11.3 Å². The Morgan fingerprint density at radius 2 is 1.84 bits per heavy atom. The van der Waals surface area contributed by atoms with Crippen molar-refractivity contribution in [3.8, 4) is 5.75 Å². The number of piperazine rings is 1. The topological polar surface area (TPSA) is 32.8 Å². The molecule has 0 aliphatic carbocycles. The number of halogens is 1. The molecule has 1 fully saturated rings. The van der Waals surface area contributed by atoms with E-state index in [0.717, 1.165) is 54.6 Å². The number of ether oxygens (including phenoxy) is 1. The van der Waals surface area contributed by atoms with Crippen LogP contribution in [0, 0.1) is 6.92 Å². The Bertz CT molecular complexity index is 727. The van der Waals surface area contributed by atoms with Crippen LogP contribution >= 0.6 is 11.6 Å². The molecular weight excluding hydrogens is 336 g/mol. The molecule has 25 heavy (non-hydrogen) atoms. The van der Waals surface area contributed by atoms with Crippen LogP contribution in [0.25, 0.3) is 0 Å². The van der Waals surface area contributed by atoms with Gasteiger partial charge in [0.2, 0.25) is 0 Å². The molecule has 1 saturated heterocycles. The van der Waals surface area contributed by atoms with E-state index in [4.69, 9.17) is 16.3 Å². The average Bonchev–Trinajstić information content (AvgIpc) is 2.62. The molecule has 3 rings (SSSR count). The van der Waals surface area contributed by atoms with Crippen LogP contribution in [0.3, 0.4) is 0 Å². The molecule has 1 aliphatic heterocycles. The molecule has 0 spiro atoms. The van der Waals surface area contributed by atoms with Crippen molar-refractivity contribution >= 4 is 17.5 Å². The van der Waals surface area contributed by atoms with E-state index in [-0.39, 0.29) is 12.5 Å². The van der Waals surface area contributed by atoms with E-state index in [9.17, 15) is 4.79 Å². The lowest BCUT2D eigenvalue weighted by molar-refractivity contribution is -0.135. The predicted octanol–water partition coefficient (Wildman–Crippen LogP) is 3.37. The predicted molar refractivity (Wildman–Crippen MR) is 100.0 cm³/mol. The highest BCUT2D eigenvalue weighted by Gasteiger charge is 2.21. The summed E-state index contributed by atoms with van der Waals surface area (Å²) in [5.74, 6) is 0.782. The van der Waals surface area contributed by atoms with E-state index in [0.29, 0.717) is 0 Å². The van der Waals surface area contributed by atoms with Gasteiger partial charge in [-0.05, 0) is 36.2 Å². The van der Waals surface area contributed by atoms with Crippen molar-refractivity contribution in [2.45, 2.75) is 13.5 Å². The van der Waals surface area contributed by atoms with Crippen molar-refractivity contribution in [1.29, 1.82) is 0 Å². The number of hydrogen-bond donors (Lipinski definition) is 0. The fourth-order valence-electron chi connectivity index (χ4n) is 2.96. The largest absolute Gasteiger partial charge is 0.484 e. The van der Waals surface area contributed by atoms with E-state index in [1.807, 2.05) is 54.3 Å². The molecule has 1 heterocycles. The molecule has 0 radical (unpaired) electrons. The number of amides is 1. The van der Waals surface area contributed by atoms with Crippen LogP contribution in [0.5, 0.6) is 5.75 Å². The van der Waals surface area contributed by atoms with E-state index < -0.39 is 0 Å². The van der Waals surface area contributed by atoms with Gasteiger partial charge in [0.25, 0.3) is 5.91 Å². The summed E-state index contributed by atoms with van der Waals surface area (Å²) in [4.78, 5) is 16.5. The highest BCUT2D eigenvalue weighted by Crippen LogP contribution is 2.18.